The molecule has 2 aromatic rings. The van der Waals surface area contributed by atoms with E-state index in [1.54, 1.807) is 0 Å². The van der Waals surface area contributed by atoms with Crippen molar-refractivity contribution < 1.29 is 18.0 Å². The van der Waals surface area contributed by atoms with Crippen LogP contribution in [-0.2, 0) is 12.7 Å². The topological polar surface area (TPSA) is 80.9 Å². The lowest BCUT2D eigenvalue weighted by atomic mass is 10.1. The van der Waals surface area contributed by atoms with Crippen LogP contribution in [0.2, 0.25) is 0 Å². The number of nitrogens with two attached hydrogens (primary N) is 1. The van der Waals surface area contributed by atoms with Gasteiger partial charge in [-0.25, -0.2) is 0 Å². The number of nitrogens with zero attached hydrogens (tertiary/aromatic N) is 2. The highest BCUT2D eigenvalue weighted by molar-refractivity contribution is 7.16. The van der Waals surface area contributed by atoms with Crippen molar-refractivity contribution in [2.75, 3.05) is 5.73 Å². The van der Waals surface area contributed by atoms with E-state index in [1.165, 1.54) is 12.1 Å². The fourth-order valence-corrected chi connectivity index (χ4v) is 1.92. The van der Waals surface area contributed by atoms with E-state index in [0.29, 0.717) is 5.56 Å². The molecule has 0 bridgehead atoms. The second kappa shape index (κ2) is 5.45. The average Bonchev–Trinajstić information content (AvgIpc) is 2.82. The Kier molecular flexibility index (Phi) is 3.89. The molecule has 106 valence electrons. The highest BCUT2D eigenvalue weighted by Crippen LogP contribution is 2.29. The van der Waals surface area contributed by atoms with Crippen LogP contribution in [0.4, 0.5) is 18.3 Å². The molecule has 0 aliphatic rings. The van der Waals surface area contributed by atoms with E-state index in [2.05, 4.69) is 15.5 Å². The van der Waals surface area contributed by atoms with E-state index in [-0.39, 0.29) is 16.7 Å². The van der Waals surface area contributed by atoms with Crippen molar-refractivity contribution in [3.63, 3.8) is 0 Å². The number of hydrogen-bond donors (Lipinski definition) is 2. The summed E-state index contributed by atoms with van der Waals surface area (Å²) >= 11 is 0.932. The standard InChI is InChI=1S/C11H9F3N4OS/c12-11(13,14)7-3-1-6(2-4-7)5-16-8(19)9-17-18-10(15)20-9/h1-4H,5H2,(H2,15,18)(H,16,19). The number of benzene rings is 1. The highest BCUT2D eigenvalue weighted by Gasteiger charge is 2.29. The normalized spacial score (nSPS) is 11.3. The zero-order valence-electron chi connectivity index (χ0n) is 9.94. The number of halogens is 3. The summed E-state index contributed by atoms with van der Waals surface area (Å²) in [6.45, 7) is 0.0937. The van der Waals surface area contributed by atoms with Crippen LogP contribution >= 0.6 is 11.3 Å². The van der Waals surface area contributed by atoms with Crippen LogP contribution in [-0.4, -0.2) is 16.1 Å². The maximum absolute atomic E-state index is 12.4. The van der Waals surface area contributed by atoms with Gasteiger partial charge in [-0.2, -0.15) is 13.2 Å². The van der Waals surface area contributed by atoms with Gasteiger partial charge in [-0.1, -0.05) is 23.5 Å². The molecule has 1 aromatic carbocycles. The first kappa shape index (κ1) is 14.3. The summed E-state index contributed by atoms with van der Waals surface area (Å²) in [5.41, 5.74) is 5.15. The van der Waals surface area contributed by atoms with E-state index in [0.717, 1.165) is 23.5 Å². The summed E-state index contributed by atoms with van der Waals surface area (Å²) in [5.74, 6) is -0.473. The zero-order chi connectivity index (χ0) is 14.8. The third-order valence-corrected chi connectivity index (χ3v) is 3.12. The van der Waals surface area contributed by atoms with Crippen molar-refractivity contribution in [2.45, 2.75) is 12.7 Å². The molecular weight excluding hydrogens is 293 g/mol. The predicted octanol–water partition coefficient (Wildman–Crippen LogP) is 2.07. The van der Waals surface area contributed by atoms with Crippen molar-refractivity contribution in [1.82, 2.24) is 15.5 Å². The van der Waals surface area contributed by atoms with E-state index in [4.69, 9.17) is 5.73 Å². The number of aromatic nitrogens is 2. The number of carbonyl (C=O) groups excluding carboxylic acids is 1. The molecule has 2 rings (SSSR count). The Hall–Kier alpha value is -2.16. The van der Waals surface area contributed by atoms with Gasteiger partial charge in [-0.3, -0.25) is 4.79 Å². The summed E-state index contributed by atoms with van der Waals surface area (Å²) in [6.07, 6.45) is -4.37. The monoisotopic (exact) mass is 302 g/mol. The molecule has 0 unspecified atom stereocenters. The van der Waals surface area contributed by atoms with Crippen LogP contribution in [0.5, 0.6) is 0 Å². The molecule has 0 fully saturated rings. The number of alkyl halides is 3. The van der Waals surface area contributed by atoms with Crippen molar-refractivity contribution in [1.29, 1.82) is 0 Å². The van der Waals surface area contributed by atoms with Gasteiger partial charge in [0, 0.05) is 6.54 Å². The summed E-state index contributed by atoms with van der Waals surface area (Å²) in [7, 11) is 0. The molecule has 0 saturated heterocycles. The summed E-state index contributed by atoms with van der Waals surface area (Å²) in [5, 5.41) is 9.84. The Morgan fingerprint density at radius 3 is 2.40 bits per heavy atom. The van der Waals surface area contributed by atoms with Gasteiger partial charge < -0.3 is 11.1 Å². The molecule has 1 aromatic heterocycles. The third-order valence-electron chi connectivity index (χ3n) is 2.37. The summed E-state index contributed by atoms with van der Waals surface area (Å²) in [4.78, 5) is 11.6. The predicted molar refractivity (Wildman–Crippen MR) is 66.9 cm³/mol. The molecule has 1 heterocycles. The van der Waals surface area contributed by atoms with E-state index < -0.39 is 17.6 Å². The summed E-state index contributed by atoms with van der Waals surface area (Å²) < 4.78 is 37.1. The fourth-order valence-electron chi connectivity index (χ4n) is 1.40. The lowest BCUT2D eigenvalue weighted by Crippen LogP contribution is -2.22. The minimum Gasteiger partial charge on any atom is -0.374 e. The number of amides is 1. The Balaban J connectivity index is 1.96. The van der Waals surface area contributed by atoms with E-state index >= 15 is 0 Å². The highest BCUT2D eigenvalue weighted by atomic mass is 32.1. The van der Waals surface area contributed by atoms with Crippen LogP contribution in [0.15, 0.2) is 24.3 Å². The average molecular weight is 302 g/mol. The molecule has 1 amide bonds. The first-order chi connectivity index (χ1) is 9.36. The SMILES string of the molecule is Nc1nnc(C(=O)NCc2ccc(C(F)(F)F)cc2)s1. The Morgan fingerprint density at radius 1 is 1.25 bits per heavy atom. The van der Waals surface area contributed by atoms with Gasteiger partial charge in [-0.15, -0.1) is 10.2 Å². The number of hydrogen-bond acceptors (Lipinski definition) is 5. The molecule has 0 aliphatic carbocycles. The molecule has 5 nitrogen and oxygen atoms in total. The van der Waals surface area contributed by atoms with Gasteiger partial charge in [0.05, 0.1) is 5.56 Å². The number of nitrogen functional groups attached to an aromatic ring is 1. The summed E-state index contributed by atoms with van der Waals surface area (Å²) in [6, 6.07) is 4.53. The van der Waals surface area contributed by atoms with Crippen molar-refractivity contribution >= 4 is 22.4 Å². The van der Waals surface area contributed by atoms with Crippen molar-refractivity contribution in [3.05, 3.63) is 40.4 Å². The molecule has 0 aliphatic heterocycles. The molecule has 0 saturated carbocycles. The molecule has 0 atom stereocenters. The van der Waals surface area contributed by atoms with Crippen LogP contribution in [0.25, 0.3) is 0 Å². The van der Waals surface area contributed by atoms with Crippen LogP contribution in [0.3, 0.4) is 0 Å². The minimum atomic E-state index is -4.37. The van der Waals surface area contributed by atoms with Crippen LogP contribution < -0.4 is 11.1 Å². The molecular formula is C11H9F3N4OS. The molecule has 20 heavy (non-hydrogen) atoms. The van der Waals surface area contributed by atoms with Gasteiger partial charge in [0.15, 0.2) is 0 Å². The van der Waals surface area contributed by atoms with Gasteiger partial charge in [0.25, 0.3) is 5.91 Å². The van der Waals surface area contributed by atoms with Gasteiger partial charge in [-0.05, 0) is 17.7 Å². The van der Waals surface area contributed by atoms with Crippen LogP contribution in [0, 0.1) is 0 Å². The second-order valence-corrected chi connectivity index (χ2v) is 4.83. The Bertz CT molecular complexity index is 609. The van der Waals surface area contributed by atoms with Crippen LogP contribution in [0.1, 0.15) is 20.9 Å². The Morgan fingerprint density at radius 2 is 1.90 bits per heavy atom. The maximum Gasteiger partial charge on any atom is 0.416 e. The molecule has 0 radical (unpaired) electrons. The quantitative estimate of drug-likeness (QED) is 0.909. The van der Waals surface area contributed by atoms with E-state index in [9.17, 15) is 18.0 Å². The fraction of sp³-hybridized carbons (Fsp3) is 0.182. The zero-order valence-corrected chi connectivity index (χ0v) is 10.8. The largest absolute Gasteiger partial charge is 0.416 e. The first-order valence-corrected chi connectivity index (χ1v) is 6.21. The Labute approximate surface area is 115 Å². The molecule has 9 heteroatoms. The van der Waals surface area contributed by atoms with Crippen molar-refractivity contribution in [2.24, 2.45) is 0 Å². The number of carbonyl (C=O) groups is 1. The number of nitrogens with one attached hydrogen (secondary N) is 1. The minimum absolute atomic E-state index is 0.0937. The van der Waals surface area contributed by atoms with E-state index in [1.807, 2.05) is 0 Å². The smallest absolute Gasteiger partial charge is 0.374 e. The molecule has 0 spiro atoms. The van der Waals surface area contributed by atoms with Gasteiger partial charge in [0.2, 0.25) is 10.1 Å². The number of rotatable bonds is 3. The lowest BCUT2D eigenvalue weighted by Gasteiger charge is -2.08. The lowest BCUT2D eigenvalue weighted by molar-refractivity contribution is -0.137. The third kappa shape index (κ3) is 3.44. The first-order valence-electron chi connectivity index (χ1n) is 5.39. The second-order valence-electron chi connectivity index (χ2n) is 3.82. The maximum atomic E-state index is 12.4. The van der Waals surface area contributed by atoms with Crippen molar-refractivity contribution in [3.8, 4) is 0 Å². The number of anilines is 1. The van der Waals surface area contributed by atoms with Gasteiger partial charge >= 0.3 is 6.18 Å². The molecule has 3 N–H and O–H groups in total. The van der Waals surface area contributed by atoms with Gasteiger partial charge in [0.1, 0.15) is 0 Å².